The van der Waals surface area contributed by atoms with E-state index in [1.54, 1.807) is 0 Å². The third kappa shape index (κ3) is 5.32. The SMILES string of the molecule is C=CC(=O)OC(O)CCCC(F)(F)C(F)(F)C(F)(F)C(F)(F)C(F)(F)C(F)(F)C(F)(C(F)(F)F)C(F)(F)F. The molecule has 1 atom stereocenters. The molecule has 1 unspecified atom stereocenters. The molecule has 0 amide bonds. The number of halogens is 19. The van der Waals surface area contributed by atoms with Crippen LogP contribution >= 0.6 is 0 Å². The van der Waals surface area contributed by atoms with E-state index in [4.69, 9.17) is 5.11 Å². The molecule has 0 aromatic rings. The van der Waals surface area contributed by atoms with Crippen LogP contribution in [0.5, 0.6) is 0 Å². The number of carbonyl (C=O) groups excluding carboxylic acids is 1. The van der Waals surface area contributed by atoms with Crippen molar-refractivity contribution in [1.82, 2.24) is 0 Å². The molecule has 0 radical (unpaired) electrons. The van der Waals surface area contributed by atoms with Gasteiger partial charge in [0.05, 0.1) is 0 Å². The van der Waals surface area contributed by atoms with Crippen molar-refractivity contribution in [2.24, 2.45) is 0 Å². The lowest BCUT2D eigenvalue weighted by Gasteiger charge is -2.45. The van der Waals surface area contributed by atoms with E-state index >= 15 is 0 Å². The molecule has 0 aliphatic heterocycles. The van der Waals surface area contributed by atoms with Crippen molar-refractivity contribution in [3.8, 4) is 0 Å². The lowest BCUT2D eigenvalue weighted by atomic mass is 9.83. The Morgan fingerprint density at radius 2 is 1.00 bits per heavy atom. The van der Waals surface area contributed by atoms with Gasteiger partial charge < -0.3 is 9.84 Å². The van der Waals surface area contributed by atoms with Crippen LogP contribution in [0.15, 0.2) is 12.7 Å². The molecule has 0 aliphatic rings. The molecular weight excluding hydrogens is 601 g/mol. The fourth-order valence-electron chi connectivity index (χ4n) is 2.45. The van der Waals surface area contributed by atoms with Crippen molar-refractivity contribution < 1.29 is 98.1 Å². The number of hydrogen-bond acceptors (Lipinski definition) is 3. The highest BCUT2D eigenvalue weighted by Gasteiger charge is 2.98. The van der Waals surface area contributed by atoms with Gasteiger partial charge in [0.2, 0.25) is 6.29 Å². The van der Waals surface area contributed by atoms with Gasteiger partial charge in [-0.15, -0.1) is 0 Å². The normalized spacial score (nSPS) is 16.3. The highest BCUT2D eigenvalue weighted by molar-refractivity contribution is 5.81. The molecule has 0 saturated heterocycles. The van der Waals surface area contributed by atoms with Gasteiger partial charge in [-0.1, -0.05) is 6.58 Å². The Labute approximate surface area is 197 Å². The maximum atomic E-state index is 13.7. The van der Waals surface area contributed by atoms with Crippen LogP contribution in [0, 0.1) is 0 Å². The third-order valence-electron chi connectivity index (χ3n) is 4.61. The zero-order chi connectivity index (χ0) is 31.2. The average molecular weight is 612 g/mol. The van der Waals surface area contributed by atoms with Crippen molar-refractivity contribution in [1.29, 1.82) is 0 Å². The number of rotatable bonds is 12. The van der Waals surface area contributed by atoms with E-state index in [2.05, 4.69) is 11.3 Å². The molecule has 0 fully saturated rings. The van der Waals surface area contributed by atoms with Gasteiger partial charge in [-0.2, -0.15) is 79.0 Å². The summed E-state index contributed by atoms with van der Waals surface area (Å²) in [7, 11) is 0. The largest absolute Gasteiger partial charge is 0.438 e. The Morgan fingerprint density at radius 3 is 1.34 bits per heavy atom. The summed E-state index contributed by atoms with van der Waals surface area (Å²) in [5.41, 5.74) is -8.78. The first kappa shape index (κ1) is 35.8. The summed E-state index contributed by atoms with van der Waals surface area (Å²) in [5, 5.41) is 9.05. The molecule has 226 valence electrons. The topological polar surface area (TPSA) is 46.5 Å². The Morgan fingerprint density at radius 1 is 0.658 bits per heavy atom. The van der Waals surface area contributed by atoms with Crippen LogP contribution in [0.3, 0.4) is 0 Å². The zero-order valence-corrected chi connectivity index (χ0v) is 17.4. The molecule has 0 heterocycles. The van der Waals surface area contributed by atoms with Gasteiger partial charge in [-0.3, -0.25) is 0 Å². The van der Waals surface area contributed by atoms with Crippen molar-refractivity contribution in [3.05, 3.63) is 12.7 Å². The van der Waals surface area contributed by atoms with Crippen LogP contribution in [0.4, 0.5) is 83.4 Å². The highest BCUT2D eigenvalue weighted by Crippen LogP contribution is 2.66. The molecule has 0 spiro atoms. The number of hydrogen-bond donors (Lipinski definition) is 1. The minimum absolute atomic E-state index is 0.342. The number of carbonyl (C=O) groups is 1. The second-order valence-electron chi connectivity index (χ2n) is 7.22. The van der Waals surface area contributed by atoms with Crippen LogP contribution < -0.4 is 0 Å². The molecule has 38 heavy (non-hydrogen) atoms. The molecule has 22 heteroatoms. The van der Waals surface area contributed by atoms with Crippen LogP contribution in [-0.2, 0) is 9.53 Å². The maximum absolute atomic E-state index is 13.7. The quantitative estimate of drug-likeness (QED) is 0.114. The molecule has 0 rings (SSSR count). The number of ether oxygens (including phenoxy) is 1. The van der Waals surface area contributed by atoms with E-state index in [0.717, 1.165) is 0 Å². The fraction of sp³-hybridized carbons (Fsp3) is 0.812. The zero-order valence-electron chi connectivity index (χ0n) is 17.4. The van der Waals surface area contributed by atoms with E-state index in [9.17, 15) is 88.2 Å². The van der Waals surface area contributed by atoms with Gasteiger partial charge in [0.15, 0.2) is 0 Å². The van der Waals surface area contributed by atoms with Crippen molar-refractivity contribution >= 4 is 5.97 Å². The third-order valence-corrected chi connectivity index (χ3v) is 4.61. The summed E-state index contributed by atoms with van der Waals surface area (Å²) in [4.78, 5) is 10.7. The minimum Gasteiger partial charge on any atom is -0.433 e. The molecule has 0 aliphatic carbocycles. The summed E-state index contributed by atoms with van der Waals surface area (Å²) in [6, 6.07) is 0. The van der Waals surface area contributed by atoms with Crippen molar-refractivity contribution in [3.63, 3.8) is 0 Å². The number of esters is 1. The van der Waals surface area contributed by atoms with E-state index in [1.165, 1.54) is 0 Å². The molecule has 1 N–H and O–H groups in total. The van der Waals surface area contributed by atoms with Gasteiger partial charge in [0, 0.05) is 18.9 Å². The summed E-state index contributed by atoms with van der Waals surface area (Å²) in [6.45, 7) is 2.77. The summed E-state index contributed by atoms with van der Waals surface area (Å²) in [6.07, 6.45) is -24.7. The van der Waals surface area contributed by atoms with Crippen molar-refractivity contribution in [2.75, 3.05) is 0 Å². The molecular formula is C16H11F19O3. The van der Waals surface area contributed by atoms with Gasteiger partial charge in [-0.05, 0) is 6.42 Å². The van der Waals surface area contributed by atoms with E-state index in [1.807, 2.05) is 0 Å². The minimum atomic E-state index is -9.07. The number of aliphatic hydroxyl groups excluding tert-OH is 1. The van der Waals surface area contributed by atoms with Crippen molar-refractivity contribution in [2.45, 2.75) is 79.1 Å². The average Bonchev–Trinajstić information content (AvgIpc) is 2.70. The Kier molecular flexibility index (Phi) is 9.53. The first-order valence-electron chi connectivity index (χ1n) is 8.95. The molecule has 3 nitrogen and oxygen atoms in total. The molecule has 0 bridgehead atoms. The van der Waals surface area contributed by atoms with Crippen LogP contribution in [0.25, 0.3) is 0 Å². The molecule has 0 saturated carbocycles. The monoisotopic (exact) mass is 612 g/mol. The second-order valence-corrected chi connectivity index (χ2v) is 7.22. The van der Waals surface area contributed by atoms with Crippen LogP contribution in [0.1, 0.15) is 19.3 Å². The smallest absolute Gasteiger partial charge is 0.433 e. The summed E-state index contributed by atoms with van der Waals surface area (Å²) < 4.78 is 255. The number of alkyl halides is 19. The standard InChI is InChI=1S/C16H11F19O3/c1-2-6(36)38-7(37)4-3-5-8(17,18)10(20,21)12(24,25)14(28,29)13(26,27)11(22,23)9(19,15(30,31)32)16(33,34)35/h2,7,37H,1,3-5H2. The first-order chi connectivity index (χ1) is 16.3. The van der Waals surface area contributed by atoms with Gasteiger partial charge in [0.1, 0.15) is 0 Å². The predicted octanol–water partition coefficient (Wildman–Crippen LogP) is 6.85. The Hall–Kier alpha value is -2.16. The highest BCUT2D eigenvalue weighted by atomic mass is 19.4. The molecule has 0 aromatic carbocycles. The van der Waals surface area contributed by atoms with E-state index in [-0.39, 0.29) is 0 Å². The summed E-state index contributed by atoms with van der Waals surface area (Å²) in [5.74, 6) is -51.8. The lowest BCUT2D eigenvalue weighted by Crippen LogP contribution is -2.77. The number of aliphatic hydroxyl groups is 1. The van der Waals surface area contributed by atoms with Gasteiger partial charge in [-0.25, -0.2) is 9.18 Å². The maximum Gasteiger partial charge on any atom is 0.438 e. The van der Waals surface area contributed by atoms with Crippen LogP contribution in [-0.4, -0.2) is 70.9 Å². The Bertz CT molecular complexity index is 843. The Balaban J connectivity index is 6.52. The summed E-state index contributed by atoms with van der Waals surface area (Å²) >= 11 is 0. The predicted molar refractivity (Wildman–Crippen MR) is 81.8 cm³/mol. The van der Waals surface area contributed by atoms with E-state index < -0.39 is 85.1 Å². The first-order valence-corrected chi connectivity index (χ1v) is 8.95. The van der Waals surface area contributed by atoms with Gasteiger partial charge in [0.25, 0.3) is 0 Å². The van der Waals surface area contributed by atoms with E-state index in [0.29, 0.717) is 6.08 Å². The van der Waals surface area contributed by atoms with Gasteiger partial charge >= 0.3 is 59.5 Å². The molecule has 0 aromatic heterocycles. The van der Waals surface area contributed by atoms with Crippen LogP contribution in [0.2, 0.25) is 0 Å². The lowest BCUT2D eigenvalue weighted by molar-refractivity contribution is -0.472. The second kappa shape index (κ2) is 10.1. The fourth-order valence-corrected chi connectivity index (χ4v) is 2.45.